The minimum absolute atomic E-state index is 0. The standard InChI is InChI=1S/C14H23N3O2.ClH/c1-15-11-14(18)16-10-12-4-6-13(7-5-12)19-9-8-17(2)3;/h4-7,15H,8-11H2,1-3H3,(H,16,18);1H. The molecular weight excluding hydrogens is 278 g/mol. The van der Waals surface area contributed by atoms with Crippen LogP contribution < -0.4 is 15.4 Å². The van der Waals surface area contributed by atoms with E-state index in [1.54, 1.807) is 7.05 Å². The van der Waals surface area contributed by atoms with Crippen LogP contribution in [0.15, 0.2) is 24.3 Å². The van der Waals surface area contributed by atoms with E-state index in [-0.39, 0.29) is 18.3 Å². The second kappa shape index (κ2) is 10.5. The highest BCUT2D eigenvalue weighted by Gasteiger charge is 2.00. The Bertz CT molecular complexity index is 383. The predicted octanol–water partition coefficient (Wildman–Crippen LogP) is 0.884. The average molecular weight is 302 g/mol. The van der Waals surface area contributed by atoms with Gasteiger partial charge in [0, 0.05) is 13.1 Å². The Hall–Kier alpha value is -1.30. The van der Waals surface area contributed by atoms with Crippen LogP contribution in [0.5, 0.6) is 5.75 Å². The normalized spacial score (nSPS) is 10.0. The fraction of sp³-hybridized carbons (Fsp3) is 0.500. The highest BCUT2D eigenvalue weighted by molar-refractivity contribution is 5.85. The van der Waals surface area contributed by atoms with Gasteiger partial charge in [0.2, 0.25) is 5.91 Å². The van der Waals surface area contributed by atoms with Gasteiger partial charge in [-0.3, -0.25) is 4.79 Å². The summed E-state index contributed by atoms with van der Waals surface area (Å²) in [5.41, 5.74) is 1.06. The first kappa shape index (κ1) is 18.7. The molecule has 1 aromatic carbocycles. The number of carbonyl (C=O) groups is 1. The van der Waals surface area contributed by atoms with Crippen molar-refractivity contribution in [2.24, 2.45) is 0 Å². The van der Waals surface area contributed by atoms with Gasteiger partial charge in [-0.05, 0) is 38.8 Å². The number of likely N-dealkylation sites (N-methyl/N-ethyl adjacent to an activating group) is 2. The lowest BCUT2D eigenvalue weighted by molar-refractivity contribution is -0.120. The van der Waals surface area contributed by atoms with E-state index in [1.807, 2.05) is 38.4 Å². The van der Waals surface area contributed by atoms with E-state index >= 15 is 0 Å². The molecule has 0 aliphatic heterocycles. The lowest BCUT2D eigenvalue weighted by atomic mass is 10.2. The monoisotopic (exact) mass is 301 g/mol. The van der Waals surface area contributed by atoms with Crippen molar-refractivity contribution in [2.75, 3.05) is 40.8 Å². The molecule has 114 valence electrons. The molecule has 0 saturated carbocycles. The van der Waals surface area contributed by atoms with Crippen LogP contribution in [0.2, 0.25) is 0 Å². The zero-order valence-electron chi connectivity index (χ0n) is 12.3. The molecule has 5 nitrogen and oxygen atoms in total. The topological polar surface area (TPSA) is 53.6 Å². The third-order valence-corrected chi connectivity index (χ3v) is 2.56. The number of rotatable bonds is 8. The Balaban J connectivity index is 0.00000361. The Kier molecular flexibility index (Phi) is 9.80. The summed E-state index contributed by atoms with van der Waals surface area (Å²) in [5.74, 6) is 0.848. The van der Waals surface area contributed by atoms with Crippen molar-refractivity contribution in [1.29, 1.82) is 0 Å². The van der Waals surface area contributed by atoms with Crippen LogP contribution in [0.4, 0.5) is 0 Å². The second-order valence-electron chi connectivity index (χ2n) is 4.60. The van der Waals surface area contributed by atoms with Gasteiger partial charge in [0.15, 0.2) is 0 Å². The molecule has 0 aromatic heterocycles. The van der Waals surface area contributed by atoms with Gasteiger partial charge < -0.3 is 20.3 Å². The van der Waals surface area contributed by atoms with Crippen molar-refractivity contribution in [1.82, 2.24) is 15.5 Å². The molecule has 0 aliphatic carbocycles. The molecule has 6 heteroatoms. The van der Waals surface area contributed by atoms with E-state index in [4.69, 9.17) is 4.74 Å². The molecule has 0 bridgehead atoms. The fourth-order valence-corrected chi connectivity index (χ4v) is 1.47. The van der Waals surface area contributed by atoms with Gasteiger partial charge >= 0.3 is 0 Å². The number of ether oxygens (including phenoxy) is 1. The SMILES string of the molecule is CNCC(=O)NCc1ccc(OCCN(C)C)cc1.Cl. The molecule has 2 N–H and O–H groups in total. The van der Waals surface area contributed by atoms with Crippen molar-refractivity contribution >= 4 is 18.3 Å². The van der Waals surface area contributed by atoms with Crippen LogP contribution in [-0.2, 0) is 11.3 Å². The molecule has 1 rings (SSSR count). The van der Waals surface area contributed by atoms with Crippen LogP contribution >= 0.6 is 12.4 Å². The molecule has 0 atom stereocenters. The van der Waals surface area contributed by atoms with Crippen LogP contribution in [0.3, 0.4) is 0 Å². The van der Waals surface area contributed by atoms with E-state index in [1.165, 1.54) is 0 Å². The molecule has 0 heterocycles. The van der Waals surface area contributed by atoms with Crippen LogP contribution in [0, 0.1) is 0 Å². The maximum atomic E-state index is 11.3. The number of benzene rings is 1. The molecule has 20 heavy (non-hydrogen) atoms. The summed E-state index contributed by atoms with van der Waals surface area (Å²) in [6.45, 7) is 2.44. The summed E-state index contributed by atoms with van der Waals surface area (Å²) in [6.07, 6.45) is 0. The molecule has 0 aliphatic rings. The van der Waals surface area contributed by atoms with E-state index in [9.17, 15) is 4.79 Å². The third-order valence-electron chi connectivity index (χ3n) is 2.56. The Morgan fingerprint density at radius 2 is 1.90 bits per heavy atom. The molecule has 0 unspecified atom stereocenters. The van der Waals surface area contributed by atoms with Gasteiger partial charge in [-0.15, -0.1) is 12.4 Å². The van der Waals surface area contributed by atoms with Crippen molar-refractivity contribution in [3.8, 4) is 5.75 Å². The van der Waals surface area contributed by atoms with Gasteiger partial charge in [0.05, 0.1) is 6.54 Å². The van der Waals surface area contributed by atoms with E-state index in [2.05, 4.69) is 15.5 Å². The Labute approximate surface area is 127 Å². The number of hydrogen-bond acceptors (Lipinski definition) is 4. The number of nitrogens with zero attached hydrogens (tertiary/aromatic N) is 1. The van der Waals surface area contributed by atoms with Gasteiger partial charge in [-0.2, -0.15) is 0 Å². The molecule has 0 fully saturated rings. The number of nitrogens with one attached hydrogen (secondary N) is 2. The number of carbonyl (C=O) groups excluding carboxylic acids is 1. The van der Waals surface area contributed by atoms with Crippen molar-refractivity contribution in [3.05, 3.63) is 29.8 Å². The maximum absolute atomic E-state index is 11.3. The Morgan fingerprint density at radius 1 is 1.25 bits per heavy atom. The summed E-state index contributed by atoms with van der Waals surface area (Å²) in [4.78, 5) is 13.4. The lowest BCUT2D eigenvalue weighted by Gasteiger charge is -2.11. The second-order valence-corrected chi connectivity index (χ2v) is 4.60. The predicted molar refractivity (Wildman–Crippen MR) is 83.5 cm³/mol. The first-order chi connectivity index (χ1) is 9.11. The minimum Gasteiger partial charge on any atom is -0.492 e. The Morgan fingerprint density at radius 3 is 2.45 bits per heavy atom. The van der Waals surface area contributed by atoms with E-state index in [0.717, 1.165) is 17.9 Å². The van der Waals surface area contributed by atoms with Crippen molar-refractivity contribution < 1.29 is 9.53 Å². The summed E-state index contributed by atoms with van der Waals surface area (Å²) >= 11 is 0. The highest BCUT2D eigenvalue weighted by atomic mass is 35.5. The number of hydrogen-bond donors (Lipinski definition) is 2. The van der Waals surface area contributed by atoms with Crippen LogP contribution in [-0.4, -0.2) is 51.6 Å². The van der Waals surface area contributed by atoms with Gasteiger partial charge in [0.1, 0.15) is 12.4 Å². The summed E-state index contributed by atoms with van der Waals surface area (Å²) in [7, 11) is 5.78. The quantitative estimate of drug-likeness (QED) is 0.749. The van der Waals surface area contributed by atoms with Gasteiger partial charge in [-0.1, -0.05) is 12.1 Å². The summed E-state index contributed by atoms with van der Waals surface area (Å²) < 4.78 is 5.60. The zero-order chi connectivity index (χ0) is 14.1. The maximum Gasteiger partial charge on any atom is 0.234 e. The largest absolute Gasteiger partial charge is 0.492 e. The highest BCUT2D eigenvalue weighted by Crippen LogP contribution is 2.11. The van der Waals surface area contributed by atoms with Crippen molar-refractivity contribution in [3.63, 3.8) is 0 Å². The molecular formula is C14H24ClN3O2. The first-order valence-corrected chi connectivity index (χ1v) is 6.39. The number of halogens is 1. The molecule has 0 radical (unpaired) electrons. The van der Waals surface area contributed by atoms with E-state index in [0.29, 0.717) is 19.7 Å². The molecule has 0 saturated heterocycles. The molecule has 1 aromatic rings. The third kappa shape index (κ3) is 7.99. The zero-order valence-corrected chi connectivity index (χ0v) is 13.1. The summed E-state index contributed by atoms with van der Waals surface area (Å²) in [5, 5.41) is 5.64. The van der Waals surface area contributed by atoms with Gasteiger partial charge in [0.25, 0.3) is 0 Å². The number of amides is 1. The van der Waals surface area contributed by atoms with Crippen molar-refractivity contribution in [2.45, 2.75) is 6.54 Å². The van der Waals surface area contributed by atoms with Gasteiger partial charge in [-0.25, -0.2) is 0 Å². The fourth-order valence-electron chi connectivity index (χ4n) is 1.47. The van der Waals surface area contributed by atoms with Crippen LogP contribution in [0.1, 0.15) is 5.56 Å². The summed E-state index contributed by atoms with van der Waals surface area (Å²) in [6, 6.07) is 7.78. The first-order valence-electron chi connectivity index (χ1n) is 6.39. The van der Waals surface area contributed by atoms with Crippen LogP contribution in [0.25, 0.3) is 0 Å². The molecule has 0 spiro atoms. The molecule has 1 amide bonds. The minimum atomic E-state index is -0.00573. The average Bonchev–Trinajstić information content (AvgIpc) is 2.38. The van der Waals surface area contributed by atoms with E-state index < -0.39 is 0 Å². The lowest BCUT2D eigenvalue weighted by Crippen LogP contribution is -2.31. The smallest absolute Gasteiger partial charge is 0.234 e.